The van der Waals surface area contributed by atoms with Gasteiger partial charge in [-0.05, 0) is 110 Å². The standard InChI is InChI=1S/C36H56O9/c1-31(2)23-8-11-36(7)28(34(23,5)10-9-24(31)39)21(38)16-19-20-17-33(4,13-12-32(20,3)14-15-35(19,36)6)30(43)45-29-27(42)26(41)25(40)22(18-37)44-29/h16,20,22-29,37,39-42H,8-15,17-18H2,1-7H3. The first-order valence-electron chi connectivity index (χ1n) is 17.2. The highest BCUT2D eigenvalue weighted by molar-refractivity contribution is 5.95. The van der Waals surface area contributed by atoms with E-state index in [1.165, 1.54) is 5.57 Å². The summed E-state index contributed by atoms with van der Waals surface area (Å²) >= 11 is 0. The van der Waals surface area contributed by atoms with Crippen molar-refractivity contribution in [2.45, 2.75) is 143 Å². The number of carbonyl (C=O) groups is 2. The third kappa shape index (κ3) is 4.53. The first kappa shape index (κ1) is 33.5. The third-order valence-electron chi connectivity index (χ3n) is 15.1. The molecule has 9 nitrogen and oxygen atoms in total. The number of rotatable bonds is 3. The Bertz CT molecular complexity index is 1260. The lowest BCUT2D eigenvalue weighted by molar-refractivity contribution is -0.296. The molecule has 1 heterocycles. The van der Waals surface area contributed by atoms with Crippen LogP contribution in [0, 0.1) is 50.2 Å². The van der Waals surface area contributed by atoms with E-state index in [4.69, 9.17) is 9.47 Å². The molecule has 45 heavy (non-hydrogen) atoms. The maximum absolute atomic E-state index is 14.5. The van der Waals surface area contributed by atoms with Crippen LogP contribution in [0.3, 0.4) is 0 Å². The third-order valence-corrected chi connectivity index (χ3v) is 15.1. The fraction of sp³-hybridized carbons (Fsp3) is 0.889. The highest BCUT2D eigenvalue weighted by atomic mass is 16.7. The van der Waals surface area contributed by atoms with Gasteiger partial charge in [-0.15, -0.1) is 0 Å². The molecule has 0 aromatic carbocycles. The number of ketones is 1. The summed E-state index contributed by atoms with van der Waals surface area (Å²) in [6.07, 6.45) is 1.42. The molecule has 254 valence electrons. The van der Waals surface area contributed by atoms with Crippen molar-refractivity contribution in [2.75, 3.05) is 6.61 Å². The van der Waals surface area contributed by atoms with Crippen molar-refractivity contribution in [3.05, 3.63) is 11.6 Å². The molecular weight excluding hydrogens is 576 g/mol. The van der Waals surface area contributed by atoms with Gasteiger partial charge >= 0.3 is 5.97 Å². The Hall–Kier alpha value is -1.36. The number of aliphatic hydroxyl groups excluding tert-OH is 5. The van der Waals surface area contributed by atoms with Crippen LogP contribution in [0.25, 0.3) is 0 Å². The molecule has 0 aromatic heterocycles. The van der Waals surface area contributed by atoms with Crippen molar-refractivity contribution < 1.29 is 44.6 Å². The van der Waals surface area contributed by atoms with Crippen molar-refractivity contribution in [2.24, 2.45) is 50.2 Å². The molecule has 0 radical (unpaired) electrons. The lowest BCUT2D eigenvalue weighted by Crippen LogP contribution is -2.66. The van der Waals surface area contributed by atoms with Gasteiger partial charge in [-0.2, -0.15) is 0 Å². The Morgan fingerprint density at radius 1 is 0.889 bits per heavy atom. The van der Waals surface area contributed by atoms with Gasteiger partial charge in [0, 0.05) is 5.92 Å². The number of hydrogen-bond acceptors (Lipinski definition) is 9. The van der Waals surface area contributed by atoms with Gasteiger partial charge in [0.05, 0.1) is 18.1 Å². The minimum absolute atomic E-state index is 0.00535. The quantitative estimate of drug-likeness (QED) is 0.293. The van der Waals surface area contributed by atoms with E-state index in [1.807, 2.05) is 13.0 Å². The van der Waals surface area contributed by atoms with E-state index >= 15 is 0 Å². The van der Waals surface area contributed by atoms with Gasteiger partial charge in [0.2, 0.25) is 6.29 Å². The highest BCUT2D eigenvalue weighted by Crippen LogP contribution is 2.75. The molecule has 1 aliphatic heterocycles. The number of fused-ring (bicyclic) bond motifs is 7. The molecule has 5 fully saturated rings. The Balaban J connectivity index is 1.31. The van der Waals surface area contributed by atoms with Crippen LogP contribution in [0.15, 0.2) is 11.6 Å². The summed E-state index contributed by atoms with van der Waals surface area (Å²) < 4.78 is 11.2. The molecule has 6 aliphatic rings. The van der Waals surface area contributed by atoms with E-state index < -0.39 is 48.7 Å². The van der Waals surface area contributed by atoms with E-state index in [2.05, 4.69) is 41.5 Å². The molecule has 9 heteroatoms. The number of allylic oxidation sites excluding steroid dienone is 2. The molecule has 1 saturated heterocycles. The van der Waals surface area contributed by atoms with Crippen molar-refractivity contribution in [3.8, 4) is 0 Å². The van der Waals surface area contributed by atoms with Crippen LogP contribution in [0.2, 0.25) is 0 Å². The number of hydrogen-bond donors (Lipinski definition) is 5. The second-order valence-electron chi connectivity index (χ2n) is 17.7. The minimum Gasteiger partial charge on any atom is -0.432 e. The zero-order chi connectivity index (χ0) is 33.1. The van der Waals surface area contributed by atoms with Crippen LogP contribution in [-0.4, -0.2) is 80.7 Å². The number of ether oxygens (including phenoxy) is 2. The minimum atomic E-state index is -1.65. The fourth-order valence-electron chi connectivity index (χ4n) is 11.8. The predicted octanol–water partition coefficient (Wildman–Crippen LogP) is 3.67. The zero-order valence-corrected chi connectivity index (χ0v) is 28.2. The van der Waals surface area contributed by atoms with Gasteiger partial charge in [-0.25, -0.2) is 0 Å². The van der Waals surface area contributed by atoms with Crippen molar-refractivity contribution in [1.29, 1.82) is 0 Å². The summed E-state index contributed by atoms with van der Waals surface area (Å²) in [4.78, 5) is 28.4. The molecule has 5 N–H and O–H groups in total. The smallest absolute Gasteiger partial charge is 0.314 e. The Morgan fingerprint density at radius 2 is 1.56 bits per heavy atom. The summed E-state index contributed by atoms with van der Waals surface area (Å²) in [6, 6.07) is 0. The van der Waals surface area contributed by atoms with Gasteiger partial charge in [-0.1, -0.05) is 47.1 Å². The van der Waals surface area contributed by atoms with E-state index in [1.54, 1.807) is 0 Å². The molecule has 0 amide bonds. The monoisotopic (exact) mass is 632 g/mol. The summed E-state index contributed by atoms with van der Waals surface area (Å²) in [5.41, 5.74) is -0.742. The summed E-state index contributed by atoms with van der Waals surface area (Å²) in [5.74, 6) is -0.221. The number of esters is 1. The van der Waals surface area contributed by atoms with Crippen LogP contribution in [0.5, 0.6) is 0 Å². The second-order valence-corrected chi connectivity index (χ2v) is 17.7. The van der Waals surface area contributed by atoms with Crippen LogP contribution < -0.4 is 0 Å². The van der Waals surface area contributed by atoms with Crippen molar-refractivity contribution >= 4 is 11.8 Å². The zero-order valence-electron chi connectivity index (χ0n) is 28.2. The number of carbonyl (C=O) groups excluding carboxylic acids is 2. The van der Waals surface area contributed by atoms with E-state index in [0.29, 0.717) is 19.3 Å². The number of aliphatic hydroxyl groups is 5. The SMILES string of the molecule is CC1(C(=O)OC2OC(CO)C(O)C(O)C2O)CCC2(C)CCC3(C)C(=CC(=O)C4C5(C)CCC(O)C(C)(C)C5CCC43C)C2C1. The molecule has 0 bridgehead atoms. The van der Waals surface area contributed by atoms with Gasteiger partial charge in [0.15, 0.2) is 5.78 Å². The van der Waals surface area contributed by atoms with Crippen LogP contribution in [0.4, 0.5) is 0 Å². The summed E-state index contributed by atoms with van der Waals surface area (Å²) in [5, 5.41) is 51.5. The molecule has 14 unspecified atom stereocenters. The summed E-state index contributed by atoms with van der Waals surface area (Å²) in [6.45, 7) is 14.9. The topological polar surface area (TPSA) is 154 Å². The molecule has 6 rings (SSSR count). The van der Waals surface area contributed by atoms with E-state index in [9.17, 15) is 35.1 Å². The molecule has 0 spiro atoms. The maximum Gasteiger partial charge on any atom is 0.314 e. The van der Waals surface area contributed by atoms with Gasteiger partial charge in [-0.3, -0.25) is 9.59 Å². The lowest BCUT2D eigenvalue weighted by atomic mass is 9.33. The fourth-order valence-corrected chi connectivity index (χ4v) is 11.8. The molecule has 0 aromatic rings. The average Bonchev–Trinajstić information content (AvgIpc) is 2.97. The predicted molar refractivity (Wildman–Crippen MR) is 165 cm³/mol. The Kier molecular flexibility index (Phi) is 7.88. The van der Waals surface area contributed by atoms with Crippen molar-refractivity contribution in [1.82, 2.24) is 0 Å². The molecular formula is C36H56O9. The van der Waals surface area contributed by atoms with E-state index in [-0.39, 0.29) is 56.7 Å². The van der Waals surface area contributed by atoms with Crippen LogP contribution in [-0.2, 0) is 19.1 Å². The largest absolute Gasteiger partial charge is 0.432 e. The van der Waals surface area contributed by atoms with Gasteiger partial charge < -0.3 is 35.0 Å². The Labute approximate surface area is 267 Å². The second kappa shape index (κ2) is 10.6. The van der Waals surface area contributed by atoms with Gasteiger partial charge in [0.1, 0.15) is 24.4 Å². The Morgan fingerprint density at radius 3 is 2.22 bits per heavy atom. The summed E-state index contributed by atoms with van der Waals surface area (Å²) in [7, 11) is 0. The highest BCUT2D eigenvalue weighted by Gasteiger charge is 2.70. The van der Waals surface area contributed by atoms with Crippen LogP contribution >= 0.6 is 0 Å². The first-order valence-corrected chi connectivity index (χ1v) is 17.2. The molecule has 4 saturated carbocycles. The van der Waals surface area contributed by atoms with Crippen molar-refractivity contribution in [3.63, 3.8) is 0 Å². The van der Waals surface area contributed by atoms with Gasteiger partial charge in [0.25, 0.3) is 0 Å². The normalized spacial score (nSPS) is 54.1. The van der Waals surface area contributed by atoms with E-state index in [0.717, 1.165) is 38.5 Å². The molecule has 5 aliphatic carbocycles. The van der Waals surface area contributed by atoms with Crippen LogP contribution in [0.1, 0.15) is 106 Å². The molecule has 14 atom stereocenters. The first-order chi connectivity index (χ1) is 20.8. The average molecular weight is 633 g/mol. The maximum atomic E-state index is 14.5. The lowest BCUT2D eigenvalue weighted by Gasteiger charge is -2.70.